The van der Waals surface area contributed by atoms with Crippen molar-refractivity contribution in [3.8, 4) is 0 Å². The molecule has 0 bridgehead atoms. The van der Waals surface area contributed by atoms with E-state index >= 15 is 0 Å². The number of benzene rings is 1. The molecular formula is C13H22. The molecule has 0 spiro atoms. The van der Waals surface area contributed by atoms with Crippen LogP contribution in [0.3, 0.4) is 0 Å². The average Bonchev–Trinajstić information content (AvgIpc) is 2.12. The summed E-state index contributed by atoms with van der Waals surface area (Å²) < 4.78 is 0. The minimum absolute atomic E-state index is 0.762. The van der Waals surface area contributed by atoms with Crippen LogP contribution in [0.2, 0.25) is 0 Å². The van der Waals surface area contributed by atoms with Crippen molar-refractivity contribution in [1.29, 1.82) is 0 Å². The topological polar surface area (TPSA) is 0 Å². The molecule has 0 aromatic heterocycles. The normalized spacial score (nSPS) is 9.38. The van der Waals surface area contributed by atoms with E-state index in [1.54, 1.807) is 0 Å². The van der Waals surface area contributed by atoms with Crippen molar-refractivity contribution in [1.82, 2.24) is 0 Å². The SMILES string of the molecule is CC.Cc1ccc(CC(C)C)cc1. The predicted molar refractivity (Wildman–Crippen MR) is 61.1 cm³/mol. The van der Waals surface area contributed by atoms with Gasteiger partial charge in [-0.25, -0.2) is 0 Å². The Morgan fingerprint density at radius 3 is 1.85 bits per heavy atom. The Bertz CT molecular complexity index is 206. The van der Waals surface area contributed by atoms with E-state index in [4.69, 9.17) is 0 Å². The molecule has 0 saturated carbocycles. The van der Waals surface area contributed by atoms with Gasteiger partial charge >= 0.3 is 0 Å². The molecule has 1 rings (SSSR count). The zero-order chi connectivity index (χ0) is 10.3. The highest BCUT2D eigenvalue weighted by molar-refractivity contribution is 5.21. The summed E-state index contributed by atoms with van der Waals surface area (Å²) in [6.07, 6.45) is 1.19. The Morgan fingerprint density at radius 1 is 1.00 bits per heavy atom. The highest BCUT2D eigenvalue weighted by Crippen LogP contribution is 2.08. The van der Waals surface area contributed by atoms with Crippen molar-refractivity contribution in [2.45, 2.75) is 41.0 Å². The van der Waals surface area contributed by atoms with Gasteiger partial charge in [-0.15, -0.1) is 0 Å². The molecule has 13 heavy (non-hydrogen) atoms. The first kappa shape index (κ1) is 12.2. The summed E-state index contributed by atoms with van der Waals surface area (Å²) in [4.78, 5) is 0. The van der Waals surface area contributed by atoms with E-state index in [2.05, 4.69) is 45.0 Å². The Morgan fingerprint density at radius 2 is 1.46 bits per heavy atom. The number of aryl methyl sites for hydroxylation is 1. The Hall–Kier alpha value is -0.780. The Kier molecular flexibility index (Phi) is 6.30. The van der Waals surface area contributed by atoms with Gasteiger partial charge in [-0.3, -0.25) is 0 Å². The van der Waals surface area contributed by atoms with E-state index in [9.17, 15) is 0 Å². The minimum Gasteiger partial charge on any atom is -0.0683 e. The summed E-state index contributed by atoms with van der Waals surface area (Å²) in [5.41, 5.74) is 2.79. The van der Waals surface area contributed by atoms with Crippen molar-refractivity contribution >= 4 is 0 Å². The van der Waals surface area contributed by atoms with Crippen LogP contribution in [0.25, 0.3) is 0 Å². The Labute approximate surface area is 83.0 Å². The van der Waals surface area contributed by atoms with Gasteiger partial charge in [0.1, 0.15) is 0 Å². The maximum absolute atomic E-state index is 2.25. The van der Waals surface area contributed by atoms with Gasteiger partial charge < -0.3 is 0 Å². The van der Waals surface area contributed by atoms with Gasteiger partial charge in [-0.05, 0) is 24.8 Å². The standard InChI is InChI=1S/C11H16.C2H6/c1-9(2)8-11-6-4-10(3)5-7-11;1-2/h4-7,9H,8H2,1-3H3;1-2H3. The fraction of sp³-hybridized carbons (Fsp3) is 0.538. The maximum atomic E-state index is 2.25. The summed E-state index contributed by atoms with van der Waals surface area (Å²) in [6.45, 7) is 10.6. The number of rotatable bonds is 2. The lowest BCUT2D eigenvalue weighted by Crippen LogP contribution is -1.93. The second kappa shape index (κ2) is 6.71. The van der Waals surface area contributed by atoms with Crippen LogP contribution in [0.15, 0.2) is 24.3 Å². The van der Waals surface area contributed by atoms with Gasteiger partial charge in [-0.2, -0.15) is 0 Å². The van der Waals surface area contributed by atoms with Crippen molar-refractivity contribution in [3.05, 3.63) is 35.4 Å². The van der Waals surface area contributed by atoms with E-state index in [1.165, 1.54) is 17.5 Å². The first-order valence-electron chi connectivity index (χ1n) is 5.24. The zero-order valence-corrected chi connectivity index (χ0v) is 9.59. The molecule has 0 heterocycles. The lowest BCUT2D eigenvalue weighted by atomic mass is 10.0. The summed E-state index contributed by atoms with van der Waals surface area (Å²) in [7, 11) is 0. The van der Waals surface area contributed by atoms with Gasteiger partial charge in [-0.1, -0.05) is 57.5 Å². The lowest BCUT2D eigenvalue weighted by Gasteiger charge is -2.04. The highest BCUT2D eigenvalue weighted by Gasteiger charge is 1.95. The monoisotopic (exact) mass is 178 g/mol. The van der Waals surface area contributed by atoms with Crippen LogP contribution in [-0.4, -0.2) is 0 Å². The zero-order valence-electron chi connectivity index (χ0n) is 9.59. The molecule has 0 nitrogen and oxygen atoms in total. The third-order valence-corrected chi connectivity index (χ3v) is 1.76. The molecule has 0 aliphatic carbocycles. The third kappa shape index (κ3) is 5.46. The smallest absolute Gasteiger partial charge is 0.0256 e. The van der Waals surface area contributed by atoms with E-state index in [0.29, 0.717) is 0 Å². The van der Waals surface area contributed by atoms with Crippen LogP contribution in [-0.2, 0) is 6.42 Å². The summed E-state index contributed by atoms with van der Waals surface area (Å²) in [5, 5.41) is 0. The van der Waals surface area contributed by atoms with Crippen LogP contribution in [0.4, 0.5) is 0 Å². The van der Waals surface area contributed by atoms with Crippen LogP contribution >= 0.6 is 0 Å². The molecule has 0 radical (unpaired) electrons. The van der Waals surface area contributed by atoms with Crippen molar-refractivity contribution < 1.29 is 0 Å². The Balaban J connectivity index is 0.000000671. The fourth-order valence-electron chi connectivity index (χ4n) is 1.20. The molecule has 0 atom stereocenters. The van der Waals surface area contributed by atoms with Crippen LogP contribution in [0, 0.1) is 12.8 Å². The predicted octanol–water partition coefficient (Wildman–Crippen LogP) is 4.22. The lowest BCUT2D eigenvalue weighted by molar-refractivity contribution is 0.647. The van der Waals surface area contributed by atoms with Crippen LogP contribution < -0.4 is 0 Å². The molecule has 0 aliphatic rings. The average molecular weight is 178 g/mol. The highest BCUT2D eigenvalue weighted by atomic mass is 14.0. The van der Waals surface area contributed by atoms with Gasteiger partial charge in [0.2, 0.25) is 0 Å². The molecule has 0 amide bonds. The van der Waals surface area contributed by atoms with E-state index in [1.807, 2.05) is 13.8 Å². The molecule has 0 N–H and O–H groups in total. The van der Waals surface area contributed by atoms with Crippen LogP contribution in [0.1, 0.15) is 38.8 Å². The molecule has 74 valence electrons. The van der Waals surface area contributed by atoms with Crippen molar-refractivity contribution in [2.75, 3.05) is 0 Å². The van der Waals surface area contributed by atoms with Crippen molar-refractivity contribution in [3.63, 3.8) is 0 Å². The second-order valence-electron chi connectivity index (χ2n) is 3.58. The molecule has 0 saturated heterocycles. The second-order valence-corrected chi connectivity index (χ2v) is 3.58. The molecular weight excluding hydrogens is 156 g/mol. The third-order valence-electron chi connectivity index (χ3n) is 1.76. The van der Waals surface area contributed by atoms with E-state index in [0.717, 1.165) is 5.92 Å². The molecule has 0 heteroatoms. The van der Waals surface area contributed by atoms with Crippen molar-refractivity contribution in [2.24, 2.45) is 5.92 Å². The first-order valence-corrected chi connectivity index (χ1v) is 5.24. The summed E-state index contributed by atoms with van der Waals surface area (Å²) in [5.74, 6) is 0.762. The number of hydrogen-bond donors (Lipinski definition) is 0. The summed E-state index contributed by atoms with van der Waals surface area (Å²) >= 11 is 0. The van der Waals surface area contributed by atoms with Gasteiger partial charge in [0.05, 0.1) is 0 Å². The fourth-order valence-corrected chi connectivity index (χ4v) is 1.20. The first-order chi connectivity index (χ1) is 6.18. The largest absolute Gasteiger partial charge is 0.0683 e. The van der Waals surface area contributed by atoms with E-state index in [-0.39, 0.29) is 0 Å². The van der Waals surface area contributed by atoms with E-state index < -0.39 is 0 Å². The molecule has 1 aromatic rings. The molecule has 0 fully saturated rings. The molecule has 0 unspecified atom stereocenters. The van der Waals surface area contributed by atoms with Gasteiger partial charge in [0, 0.05) is 0 Å². The van der Waals surface area contributed by atoms with Crippen LogP contribution in [0.5, 0.6) is 0 Å². The number of hydrogen-bond acceptors (Lipinski definition) is 0. The molecule has 1 aromatic carbocycles. The summed E-state index contributed by atoms with van der Waals surface area (Å²) in [6, 6.07) is 8.79. The van der Waals surface area contributed by atoms with Gasteiger partial charge in [0.15, 0.2) is 0 Å². The van der Waals surface area contributed by atoms with Gasteiger partial charge in [0.25, 0.3) is 0 Å². The maximum Gasteiger partial charge on any atom is -0.0256 e. The quantitative estimate of drug-likeness (QED) is 0.636. The minimum atomic E-state index is 0.762. The molecule has 0 aliphatic heterocycles.